The molecule has 1 saturated heterocycles. The standard InChI is InChI=1S/C22H23ClN4O/c1-15-4-2-3-5-17(15)12-22(28)24-19-10-11-27(14-19)21-13-20(25-26-21)16-6-8-18(23)9-7-16/h2-9,13,19H,10-12,14H2,1H3,(H,24,28)(H,25,26). The molecule has 2 aromatic carbocycles. The van der Waals surface area contributed by atoms with Crippen molar-refractivity contribution in [3.05, 3.63) is 70.7 Å². The fourth-order valence-corrected chi connectivity index (χ4v) is 3.72. The molecule has 1 unspecified atom stereocenters. The van der Waals surface area contributed by atoms with E-state index < -0.39 is 0 Å². The van der Waals surface area contributed by atoms with Crippen molar-refractivity contribution in [2.24, 2.45) is 0 Å². The van der Waals surface area contributed by atoms with Gasteiger partial charge in [-0.3, -0.25) is 9.89 Å². The Hall–Kier alpha value is -2.79. The lowest BCUT2D eigenvalue weighted by molar-refractivity contribution is -0.121. The molecule has 1 fully saturated rings. The lowest BCUT2D eigenvalue weighted by Gasteiger charge is -2.16. The first kappa shape index (κ1) is 18.6. The number of nitrogens with zero attached hydrogens (tertiary/aromatic N) is 2. The quantitative estimate of drug-likeness (QED) is 0.688. The molecule has 28 heavy (non-hydrogen) atoms. The first-order valence-corrected chi connectivity index (χ1v) is 9.86. The van der Waals surface area contributed by atoms with Gasteiger partial charge in [0.25, 0.3) is 0 Å². The third-order valence-corrected chi connectivity index (χ3v) is 5.46. The minimum Gasteiger partial charge on any atom is -0.353 e. The molecule has 2 N–H and O–H groups in total. The summed E-state index contributed by atoms with van der Waals surface area (Å²) in [4.78, 5) is 14.6. The Kier molecular flexibility index (Phi) is 5.35. The van der Waals surface area contributed by atoms with Gasteiger partial charge in [0.2, 0.25) is 5.91 Å². The highest BCUT2D eigenvalue weighted by Crippen LogP contribution is 2.25. The van der Waals surface area contributed by atoms with Crippen molar-refractivity contribution in [3.63, 3.8) is 0 Å². The van der Waals surface area contributed by atoms with Crippen LogP contribution in [-0.2, 0) is 11.2 Å². The molecule has 1 aliphatic heterocycles. The number of aryl methyl sites for hydroxylation is 1. The largest absolute Gasteiger partial charge is 0.353 e. The maximum atomic E-state index is 12.4. The lowest BCUT2D eigenvalue weighted by Crippen LogP contribution is -2.38. The molecule has 0 saturated carbocycles. The summed E-state index contributed by atoms with van der Waals surface area (Å²) in [6, 6.07) is 17.9. The SMILES string of the molecule is Cc1ccccc1CC(=O)NC1CCN(c2cc(-c3ccc(Cl)cc3)[nH]n2)C1. The highest BCUT2D eigenvalue weighted by Gasteiger charge is 2.25. The van der Waals surface area contributed by atoms with Gasteiger partial charge in [-0.2, -0.15) is 5.10 Å². The zero-order valence-electron chi connectivity index (χ0n) is 15.8. The minimum absolute atomic E-state index is 0.0741. The molecule has 3 aromatic rings. The molecule has 1 aliphatic rings. The predicted molar refractivity (Wildman–Crippen MR) is 113 cm³/mol. The van der Waals surface area contributed by atoms with Crippen molar-refractivity contribution >= 4 is 23.3 Å². The van der Waals surface area contributed by atoms with Crippen LogP contribution in [0.15, 0.2) is 54.6 Å². The summed E-state index contributed by atoms with van der Waals surface area (Å²) in [6.45, 7) is 3.68. The van der Waals surface area contributed by atoms with Crippen LogP contribution in [0.25, 0.3) is 11.3 Å². The van der Waals surface area contributed by atoms with E-state index in [0.29, 0.717) is 11.4 Å². The number of hydrogen-bond donors (Lipinski definition) is 2. The van der Waals surface area contributed by atoms with Gasteiger partial charge >= 0.3 is 0 Å². The molecule has 2 heterocycles. The number of hydrogen-bond acceptors (Lipinski definition) is 3. The van der Waals surface area contributed by atoms with Crippen LogP contribution in [0.1, 0.15) is 17.5 Å². The second-order valence-electron chi connectivity index (χ2n) is 7.25. The number of rotatable bonds is 5. The zero-order chi connectivity index (χ0) is 19.5. The molecule has 6 heteroatoms. The normalized spacial score (nSPS) is 16.4. The molecule has 1 aromatic heterocycles. The smallest absolute Gasteiger partial charge is 0.224 e. The van der Waals surface area contributed by atoms with Crippen molar-refractivity contribution in [2.45, 2.75) is 25.8 Å². The van der Waals surface area contributed by atoms with E-state index in [1.807, 2.05) is 61.5 Å². The van der Waals surface area contributed by atoms with Gasteiger partial charge < -0.3 is 10.2 Å². The number of nitrogens with one attached hydrogen (secondary N) is 2. The molecule has 0 aliphatic carbocycles. The van der Waals surface area contributed by atoms with Crippen molar-refractivity contribution in [1.82, 2.24) is 15.5 Å². The van der Waals surface area contributed by atoms with Gasteiger partial charge in [-0.25, -0.2) is 0 Å². The van der Waals surface area contributed by atoms with Crippen LogP contribution in [0.5, 0.6) is 0 Å². The molecule has 0 bridgehead atoms. The number of amides is 1. The van der Waals surface area contributed by atoms with Crippen LogP contribution in [0, 0.1) is 6.92 Å². The fourth-order valence-electron chi connectivity index (χ4n) is 3.60. The molecule has 1 atom stereocenters. The second kappa shape index (κ2) is 8.07. The van der Waals surface area contributed by atoms with Gasteiger partial charge in [0.05, 0.1) is 12.1 Å². The van der Waals surface area contributed by atoms with Crippen molar-refractivity contribution in [3.8, 4) is 11.3 Å². The summed E-state index contributed by atoms with van der Waals surface area (Å²) in [7, 11) is 0. The average molecular weight is 395 g/mol. The number of carbonyl (C=O) groups excluding carboxylic acids is 1. The highest BCUT2D eigenvalue weighted by molar-refractivity contribution is 6.30. The van der Waals surface area contributed by atoms with E-state index in [0.717, 1.165) is 47.7 Å². The first-order chi connectivity index (χ1) is 13.6. The average Bonchev–Trinajstić information content (AvgIpc) is 3.34. The molecule has 0 spiro atoms. The Bertz CT molecular complexity index is 967. The van der Waals surface area contributed by atoms with E-state index in [9.17, 15) is 4.79 Å². The fraction of sp³-hybridized carbons (Fsp3) is 0.273. The Balaban J connectivity index is 1.35. The summed E-state index contributed by atoms with van der Waals surface area (Å²) in [5.41, 5.74) is 4.23. The topological polar surface area (TPSA) is 61.0 Å². The molecular weight excluding hydrogens is 372 g/mol. The number of H-pyrrole nitrogens is 1. The van der Waals surface area contributed by atoms with Crippen LogP contribution in [-0.4, -0.2) is 35.2 Å². The summed E-state index contributed by atoms with van der Waals surface area (Å²) in [5, 5.41) is 11.4. The van der Waals surface area contributed by atoms with Crippen LogP contribution in [0.3, 0.4) is 0 Å². The van der Waals surface area contributed by atoms with Gasteiger partial charge in [0.15, 0.2) is 5.82 Å². The minimum atomic E-state index is 0.0741. The zero-order valence-corrected chi connectivity index (χ0v) is 16.5. The number of aromatic amines is 1. The van der Waals surface area contributed by atoms with Crippen molar-refractivity contribution in [2.75, 3.05) is 18.0 Å². The molecule has 0 radical (unpaired) electrons. The number of halogens is 1. The Labute approximate surface area is 169 Å². The Morgan fingerprint density at radius 3 is 2.82 bits per heavy atom. The third-order valence-electron chi connectivity index (χ3n) is 5.21. The van der Waals surface area contributed by atoms with Crippen LogP contribution in [0.2, 0.25) is 5.02 Å². The number of anilines is 1. The second-order valence-corrected chi connectivity index (χ2v) is 7.69. The van der Waals surface area contributed by atoms with Crippen LogP contribution < -0.4 is 10.2 Å². The van der Waals surface area contributed by atoms with E-state index >= 15 is 0 Å². The molecule has 5 nitrogen and oxygen atoms in total. The van der Waals surface area contributed by atoms with Crippen LogP contribution in [0.4, 0.5) is 5.82 Å². The number of carbonyl (C=O) groups is 1. The molecule has 4 rings (SSSR count). The summed E-state index contributed by atoms with van der Waals surface area (Å²) >= 11 is 5.96. The van der Waals surface area contributed by atoms with Gasteiger partial charge in [-0.15, -0.1) is 0 Å². The van der Waals surface area contributed by atoms with Gasteiger partial charge in [-0.05, 0) is 42.2 Å². The summed E-state index contributed by atoms with van der Waals surface area (Å²) < 4.78 is 0. The Morgan fingerprint density at radius 1 is 1.25 bits per heavy atom. The van der Waals surface area contributed by atoms with E-state index in [4.69, 9.17) is 11.6 Å². The summed E-state index contributed by atoms with van der Waals surface area (Å²) in [6.07, 6.45) is 1.34. The maximum Gasteiger partial charge on any atom is 0.224 e. The van der Waals surface area contributed by atoms with Gasteiger partial charge in [0.1, 0.15) is 0 Å². The predicted octanol–water partition coefficient (Wildman–Crippen LogP) is 3.98. The molecular formula is C22H23ClN4O. The lowest BCUT2D eigenvalue weighted by atomic mass is 10.1. The van der Waals surface area contributed by atoms with Crippen molar-refractivity contribution < 1.29 is 4.79 Å². The first-order valence-electron chi connectivity index (χ1n) is 9.48. The van der Waals surface area contributed by atoms with E-state index in [2.05, 4.69) is 20.4 Å². The molecule has 1 amide bonds. The van der Waals surface area contributed by atoms with Gasteiger partial charge in [-0.1, -0.05) is 48.0 Å². The van der Waals surface area contributed by atoms with E-state index in [1.54, 1.807) is 0 Å². The van der Waals surface area contributed by atoms with Gasteiger partial charge in [0, 0.05) is 30.2 Å². The van der Waals surface area contributed by atoms with E-state index in [1.165, 1.54) is 0 Å². The molecule has 144 valence electrons. The Morgan fingerprint density at radius 2 is 2.04 bits per heavy atom. The monoisotopic (exact) mass is 394 g/mol. The van der Waals surface area contributed by atoms with E-state index in [-0.39, 0.29) is 11.9 Å². The summed E-state index contributed by atoms with van der Waals surface area (Å²) in [5.74, 6) is 0.977. The van der Waals surface area contributed by atoms with Crippen molar-refractivity contribution in [1.29, 1.82) is 0 Å². The number of aromatic nitrogens is 2. The maximum absolute atomic E-state index is 12.4. The third kappa shape index (κ3) is 4.20. The number of benzene rings is 2. The highest BCUT2D eigenvalue weighted by atomic mass is 35.5. The van der Waals surface area contributed by atoms with Crippen LogP contribution >= 0.6 is 11.6 Å².